The summed E-state index contributed by atoms with van der Waals surface area (Å²) in [6.07, 6.45) is 6.82. The Labute approximate surface area is 143 Å². The van der Waals surface area contributed by atoms with Crippen LogP contribution in [0.3, 0.4) is 0 Å². The molecule has 0 radical (unpaired) electrons. The molecule has 1 saturated heterocycles. The standard InChI is InChI=1S/C15H27N3O2S.ClH/c19-14(18-12-4-2-1-3-5-12)6-7-17-15(20)10-13-11-21-9-8-16-13;/h12-13,16H,1-11H2,(H,17,20)(H,18,19);1H. The molecule has 2 aliphatic rings. The lowest BCUT2D eigenvalue weighted by atomic mass is 9.95. The van der Waals surface area contributed by atoms with Crippen molar-refractivity contribution in [3.05, 3.63) is 0 Å². The van der Waals surface area contributed by atoms with Crippen LogP contribution in [0.1, 0.15) is 44.9 Å². The fourth-order valence-corrected chi connectivity index (χ4v) is 3.86. The van der Waals surface area contributed by atoms with E-state index in [2.05, 4.69) is 16.0 Å². The first kappa shape index (κ1) is 19.6. The summed E-state index contributed by atoms with van der Waals surface area (Å²) in [6, 6.07) is 0.630. The number of rotatable bonds is 6. The first-order valence-electron chi connectivity index (χ1n) is 8.11. The Morgan fingerprint density at radius 2 is 1.91 bits per heavy atom. The quantitative estimate of drug-likeness (QED) is 0.679. The van der Waals surface area contributed by atoms with Gasteiger partial charge >= 0.3 is 0 Å². The van der Waals surface area contributed by atoms with E-state index >= 15 is 0 Å². The van der Waals surface area contributed by atoms with Crippen LogP contribution in [0, 0.1) is 0 Å². The van der Waals surface area contributed by atoms with Crippen molar-refractivity contribution < 1.29 is 9.59 Å². The van der Waals surface area contributed by atoms with Gasteiger partial charge in [-0.05, 0) is 12.8 Å². The van der Waals surface area contributed by atoms with Crippen LogP contribution < -0.4 is 16.0 Å². The largest absolute Gasteiger partial charge is 0.356 e. The zero-order valence-corrected chi connectivity index (χ0v) is 14.7. The molecule has 0 bridgehead atoms. The number of hydrogen-bond acceptors (Lipinski definition) is 4. The second-order valence-electron chi connectivity index (χ2n) is 5.93. The summed E-state index contributed by atoms with van der Waals surface area (Å²) >= 11 is 1.89. The molecule has 1 unspecified atom stereocenters. The Morgan fingerprint density at radius 1 is 1.14 bits per heavy atom. The van der Waals surface area contributed by atoms with Crippen molar-refractivity contribution in [2.24, 2.45) is 0 Å². The summed E-state index contributed by atoms with van der Waals surface area (Å²) in [5.41, 5.74) is 0. The summed E-state index contributed by atoms with van der Waals surface area (Å²) in [4.78, 5) is 23.6. The van der Waals surface area contributed by atoms with Gasteiger partial charge in [0.05, 0.1) is 0 Å². The Kier molecular flexibility index (Phi) is 9.91. The van der Waals surface area contributed by atoms with Crippen molar-refractivity contribution in [1.82, 2.24) is 16.0 Å². The van der Waals surface area contributed by atoms with E-state index in [1.165, 1.54) is 19.3 Å². The van der Waals surface area contributed by atoms with E-state index in [0.717, 1.165) is 30.9 Å². The maximum atomic E-state index is 11.8. The molecular weight excluding hydrogens is 322 g/mol. The van der Waals surface area contributed by atoms with Crippen LogP contribution in [0.15, 0.2) is 0 Å². The lowest BCUT2D eigenvalue weighted by Crippen LogP contribution is -2.42. The first-order valence-corrected chi connectivity index (χ1v) is 9.26. The molecule has 2 amide bonds. The molecule has 7 heteroatoms. The van der Waals surface area contributed by atoms with E-state index in [4.69, 9.17) is 0 Å². The van der Waals surface area contributed by atoms with Gasteiger partial charge in [-0.2, -0.15) is 11.8 Å². The topological polar surface area (TPSA) is 70.2 Å². The van der Waals surface area contributed by atoms with Gasteiger partial charge < -0.3 is 16.0 Å². The fourth-order valence-electron chi connectivity index (χ4n) is 2.91. The second kappa shape index (κ2) is 11.1. The predicted molar refractivity (Wildman–Crippen MR) is 93.6 cm³/mol. The zero-order valence-electron chi connectivity index (χ0n) is 13.1. The van der Waals surface area contributed by atoms with E-state index in [9.17, 15) is 9.59 Å². The lowest BCUT2D eigenvalue weighted by Gasteiger charge is -2.23. The van der Waals surface area contributed by atoms with Crippen LogP contribution in [0.5, 0.6) is 0 Å². The van der Waals surface area contributed by atoms with Gasteiger partial charge in [-0.15, -0.1) is 12.4 Å². The highest BCUT2D eigenvalue weighted by atomic mass is 35.5. The average molecular weight is 350 g/mol. The van der Waals surface area contributed by atoms with E-state index in [0.29, 0.717) is 25.4 Å². The van der Waals surface area contributed by atoms with Crippen LogP contribution >= 0.6 is 24.2 Å². The van der Waals surface area contributed by atoms with Crippen LogP contribution in [0.25, 0.3) is 0 Å². The molecule has 22 heavy (non-hydrogen) atoms. The summed E-state index contributed by atoms with van der Waals surface area (Å²) in [6.45, 7) is 1.42. The molecule has 1 heterocycles. The minimum atomic E-state index is 0. The normalized spacial score (nSPS) is 22.5. The number of nitrogens with one attached hydrogen (secondary N) is 3. The van der Waals surface area contributed by atoms with Crippen LogP contribution in [0.4, 0.5) is 0 Å². The predicted octanol–water partition coefficient (Wildman–Crippen LogP) is 1.46. The highest BCUT2D eigenvalue weighted by Gasteiger charge is 2.17. The average Bonchev–Trinajstić information content (AvgIpc) is 2.49. The Morgan fingerprint density at radius 3 is 2.59 bits per heavy atom. The minimum absolute atomic E-state index is 0. The minimum Gasteiger partial charge on any atom is -0.356 e. The number of hydrogen-bond donors (Lipinski definition) is 3. The molecule has 1 saturated carbocycles. The number of halogens is 1. The number of thioether (sulfide) groups is 1. The van der Waals surface area contributed by atoms with Crippen molar-refractivity contribution >= 4 is 36.0 Å². The highest BCUT2D eigenvalue weighted by molar-refractivity contribution is 7.99. The summed E-state index contributed by atoms with van der Waals surface area (Å²) in [5, 5.41) is 9.26. The van der Waals surface area contributed by atoms with Gasteiger partial charge in [0, 0.05) is 49.5 Å². The summed E-state index contributed by atoms with van der Waals surface area (Å²) in [7, 11) is 0. The molecule has 3 N–H and O–H groups in total. The molecule has 2 fully saturated rings. The van der Waals surface area contributed by atoms with E-state index in [-0.39, 0.29) is 30.3 Å². The molecule has 0 aromatic heterocycles. The van der Waals surface area contributed by atoms with Gasteiger partial charge in [-0.1, -0.05) is 19.3 Å². The fraction of sp³-hybridized carbons (Fsp3) is 0.867. The summed E-state index contributed by atoms with van der Waals surface area (Å²) < 4.78 is 0. The van der Waals surface area contributed by atoms with Crippen molar-refractivity contribution in [1.29, 1.82) is 0 Å². The third-order valence-electron chi connectivity index (χ3n) is 4.07. The number of carbonyl (C=O) groups excluding carboxylic acids is 2. The van der Waals surface area contributed by atoms with Gasteiger partial charge in [0.15, 0.2) is 0 Å². The van der Waals surface area contributed by atoms with Crippen LogP contribution in [-0.2, 0) is 9.59 Å². The van der Waals surface area contributed by atoms with Gasteiger partial charge in [0.1, 0.15) is 0 Å². The first-order chi connectivity index (χ1) is 10.2. The molecule has 1 atom stereocenters. The molecule has 2 rings (SSSR count). The molecule has 1 aliphatic heterocycles. The molecule has 0 aromatic rings. The molecule has 128 valence electrons. The van der Waals surface area contributed by atoms with Crippen LogP contribution in [-0.4, -0.2) is 48.5 Å². The molecular formula is C15H28ClN3O2S. The maximum absolute atomic E-state index is 11.8. The van der Waals surface area contributed by atoms with Crippen molar-refractivity contribution in [2.45, 2.75) is 57.0 Å². The van der Waals surface area contributed by atoms with Crippen molar-refractivity contribution in [2.75, 3.05) is 24.6 Å². The third kappa shape index (κ3) is 7.70. The van der Waals surface area contributed by atoms with Crippen molar-refractivity contribution in [3.8, 4) is 0 Å². The van der Waals surface area contributed by atoms with Gasteiger partial charge in [-0.25, -0.2) is 0 Å². The van der Waals surface area contributed by atoms with Gasteiger partial charge in [0.25, 0.3) is 0 Å². The van der Waals surface area contributed by atoms with Crippen molar-refractivity contribution in [3.63, 3.8) is 0 Å². The van der Waals surface area contributed by atoms with E-state index in [1.54, 1.807) is 0 Å². The molecule has 1 aliphatic carbocycles. The van der Waals surface area contributed by atoms with E-state index < -0.39 is 0 Å². The molecule has 5 nitrogen and oxygen atoms in total. The Bertz CT molecular complexity index is 314. The number of carbonyl (C=O) groups is 2. The lowest BCUT2D eigenvalue weighted by molar-refractivity contribution is -0.123. The zero-order chi connectivity index (χ0) is 14.9. The van der Waals surface area contributed by atoms with E-state index in [1.807, 2.05) is 11.8 Å². The Hall–Kier alpha value is -0.460. The van der Waals surface area contributed by atoms with Gasteiger partial charge in [0.2, 0.25) is 11.8 Å². The SMILES string of the molecule is Cl.O=C(CC1CSCCN1)NCCC(=O)NC1CCCCC1. The number of amides is 2. The maximum Gasteiger partial charge on any atom is 0.221 e. The monoisotopic (exact) mass is 349 g/mol. The second-order valence-corrected chi connectivity index (χ2v) is 7.08. The Balaban J connectivity index is 0.00000242. The molecule has 0 spiro atoms. The highest BCUT2D eigenvalue weighted by Crippen LogP contribution is 2.17. The molecule has 0 aromatic carbocycles. The third-order valence-corrected chi connectivity index (χ3v) is 5.21. The smallest absolute Gasteiger partial charge is 0.221 e. The van der Waals surface area contributed by atoms with Crippen LogP contribution in [0.2, 0.25) is 0 Å². The summed E-state index contributed by atoms with van der Waals surface area (Å²) in [5.74, 6) is 2.23. The van der Waals surface area contributed by atoms with Gasteiger partial charge in [-0.3, -0.25) is 9.59 Å².